The number of hydrogen-bond donors (Lipinski definition) is 0. The molecule has 3 aromatic rings. The predicted octanol–water partition coefficient (Wildman–Crippen LogP) is 8.98. The zero-order valence-electron chi connectivity index (χ0n) is 22.3. The van der Waals surface area contributed by atoms with Gasteiger partial charge in [0.05, 0.1) is 12.7 Å². The number of ether oxygens (including phenoxy) is 3. The van der Waals surface area contributed by atoms with Gasteiger partial charge in [0, 0.05) is 12.2 Å². The van der Waals surface area contributed by atoms with Gasteiger partial charge >= 0.3 is 0 Å². The summed E-state index contributed by atoms with van der Waals surface area (Å²) in [5.41, 5.74) is 2.15. The number of unbranched alkanes of at least 4 members (excludes halogenated alkanes) is 1. The highest BCUT2D eigenvalue weighted by molar-refractivity contribution is 5.65. The van der Waals surface area contributed by atoms with Crippen LogP contribution in [0.5, 0.6) is 11.5 Å². The SMILES string of the molecule is CCCCOc1ccc(-c2ccc(OCc3ccc(C4CCC(OCCC)CC4)c(F)c3F)cc2)cc1F. The van der Waals surface area contributed by atoms with Crippen LogP contribution in [-0.2, 0) is 11.3 Å². The number of rotatable bonds is 12. The lowest BCUT2D eigenvalue weighted by molar-refractivity contribution is 0.0248. The van der Waals surface area contributed by atoms with Gasteiger partial charge in [0.15, 0.2) is 23.2 Å². The summed E-state index contributed by atoms with van der Waals surface area (Å²) >= 11 is 0. The van der Waals surface area contributed by atoms with Crippen LogP contribution in [0.4, 0.5) is 13.2 Å². The zero-order chi connectivity index (χ0) is 26.9. The van der Waals surface area contributed by atoms with Crippen LogP contribution in [0, 0.1) is 17.5 Å². The van der Waals surface area contributed by atoms with Gasteiger partial charge in [-0.15, -0.1) is 0 Å². The van der Waals surface area contributed by atoms with Crippen molar-refractivity contribution in [2.24, 2.45) is 0 Å². The fourth-order valence-corrected chi connectivity index (χ4v) is 4.88. The van der Waals surface area contributed by atoms with Crippen molar-refractivity contribution in [1.29, 1.82) is 0 Å². The lowest BCUT2D eigenvalue weighted by Crippen LogP contribution is -2.22. The summed E-state index contributed by atoms with van der Waals surface area (Å²) in [7, 11) is 0. The molecule has 1 aliphatic carbocycles. The molecule has 0 aliphatic heterocycles. The highest BCUT2D eigenvalue weighted by Gasteiger charge is 2.26. The summed E-state index contributed by atoms with van der Waals surface area (Å²) in [5.74, 6) is -1.25. The van der Waals surface area contributed by atoms with Crippen molar-refractivity contribution in [3.05, 3.63) is 83.2 Å². The van der Waals surface area contributed by atoms with Crippen LogP contribution in [0.1, 0.15) is 75.8 Å². The second-order valence-corrected chi connectivity index (χ2v) is 9.95. The van der Waals surface area contributed by atoms with E-state index in [0.717, 1.165) is 57.1 Å². The normalized spacial score (nSPS) is 17.4. The Labute approximate surface area is 223 Å². The van der Waals surface area contributed by atoms with Crippen molar-refractivity contribution in [3.8, 4) is 22.6 Å². The molecule has 0 amide bonds. The van der Waals surface area contributed by atoms with Crippen molar-refractivity contribution in [3.63, 3.8) is 0 Å². The summed E-state index contributed by atoms with van der Waals surface area (Å²) in [6, 6.07) is 15.3. The van der Waals surface area contributed by atoms with Gasteiger partial charge in [0.2, 0.25) is 0 Å². The molecule has 0 heterocycles. The summed E-state index contributed by atoms with van der Waals surface area (Å²) in [6.07, 6.45) is 6.40. The van der Waals surface area contributed by atoms with E-state index in [1.165, 1.54) is 6.07 Å². The van der Waals surface area contributed by atoms with E-state index >= 15 is 0 Å². The highest BCUT2D eigenvalue weighted by atomic mass is 19.2. The van der Waals surface area contributed by atoms with Crippen LogP contribution < -0.4 is 9.47 Å². The first kappa shape index (κ1) is 28.0. The molecule has 0 N–H and O–H groups in total. The molecule has 1 aliphatic rings. The lowest BCUT2D eigenvalue weighted by atomic mass is 9.82. The van der Waals surface area contributed by atoms with E-state index in [9.17, 15) is 13.2 Å². The maximum absolute atomic E-state index is 15.0. The minimum absolute atomic E-state index is 0.00953. The Morgan fingerprint density at radius 1 is 0.737 bits per heavy atom. The number of hydrogen-bond acceptors (Lipinski definition) is 3. The fourth-order valence-electron chi connectivity index (χ4n) is 4.88. The quantitative estimate of drug-likeness (QED) is 0.220. The average Bonchev–Trinajstić information content (AvgIpc) is 2.94. The molecule has 4 rings (SSSR count). The third kappa shape index (κ3) is 7.10. The second-order valence-electron chi connectivity index (χ2n) is 9.95. The van der Waals surface area contributed by atoms with E-state index in [-0.39, 0.29) is 29.9 Å². The molecule has 38 heavy (non-hydrogen) atoms. The Morgan fingerprint density at radius 3 is 2.16 bits per heavy atom. The molecule has 3 aromatic carbocycles. The van der Waals surface area contributed by atoms with Gasteiger partial charge in [-0.2, -0.15) is 0 Å². The first-order valence-corrected chi connectivity index (χ1v) is 13.7. The molecule has 0 bridgehead atoms. The van der Waals surface area contributed by atoms with Crippen LogP contribution in [0.2, 0.25) is 0 Å². The minimum Gasteiger partial charge on any atom is -0.491 e. The molecule has 204 valence electrons. The summed E-state index contributed by atoms with van der Waals surface area (Å²) in [5, 5.41) is 0. The fraction of sp³-hybridized carbons (Fsp3) is 0.438. The molecule has 0 spiro atoms. The molecule has 0 radical (unpaired) electrons. The van der Waals surface area contributed by atoms with Crippen LogP contribution in [0.25, 0.3) is 11.1 Å². The van der Waals surface area contributed by atoms with E-state index in [1.807, 2.05) is 18.2 Å². The van der Waals surface area contributed by atoms with E-state index in [1.54, 1.807) is 30.3 Å². The van der Waals surface area contributed by atoms with Gasteiger partial charge in [-0.25, -0.2) is 13.2 Å². The highest BCUT2D eigenvalue weighted by Crippen LogP contribution is 2.36. The van der Waals surface area contributed by atoms with E-state index in [4.69, 9.17) is 14.2 Å². The van der Waals surface area contributed by atoms with Gasteiger partial charge in [0.25, 0.3) is 0 Å². The Bertz CT molecular complexity index is 1170. The van der Waals surface area contributed by atoms with Crippen LogP contribution in [0.3, 0.4) is 0 Å². The minimum atomic E-state index is -0.847. The first-order chi connectivity index (χ1) is 18.5. The van der Waals surface area contributed by atoms with Crippen LogP contribution >= 0.6 is 0 Å². The van der Waals surface area contributed by atoms with Crippen LogP contribution in [-0.4, -0.2) is 19.3 Å². The lowest BCUT2D eigenvalue weighted by Gasteiger charge is -2.29. The second kappa shape index (κ2) is 13.7. The van der Waals surface area contributed by atoms with E-state index in [2.05, 4.69) is 13.8 Å². The molecular weight excluding hydrogens is 489 g/mol. The largest absolute Gasteiger partial charge is 0.491 e. The van der Waals surface area contributed by atoms with Crippen molar-refractivity contribution >= 4 is 0 Å². The van der Waals surface area contributed by atoms with Crippen molar-refractivity contribution in [1.82, 2.24) is 0 Å². The molecule has 3 nitrogen and oxygen atoms in total. The maximum atomic E-state index is 15.0. The average molecular weight is 527 g/mol. The topological polar surface area (TPSA) is 27.7 Å². The van der Waals surface area contributed by atoms with E-state index in [0.29, 0.717) is 23.5 Å². The first-order valence-electron chi connectivity index (χ1n) is 13.7. The maximum Gasteiger partial charge on any atom is 0.165 e. The standard InChI is InChI=1S/C32H37F3O3/c1-3-5-19-37-30-17-11-24(20-29(30)33)22-6-12-27(13-7-22)38-21-25-10-16-28(32(35)31(25)34)23-8-14-26(15-9-23)36-18-4-2/h6-7,10-13,16-17,20,23,26H,3-5,8-9,14-15,18-19,21H2,1-2H3. The van der Waals surface area contributed by atoms with Gasteiger partial charge in [-0.05, 0) is 85.4 Å². The Hall–Kier alpha value is -2.99. The molecule has 0 atom stereocenters. The van der Waals surface area contributed by atoms with Crippen molar-refractivity contribution in [2.75, 3.05) is 13.2 Å². The molecule has 1 saturated carbocycles. The van der Waals surface area contributed by atoms with Crippen molar-refractivity contribution < 1.29 is 27.4 Å². The summed E-state index contributed by atoms with van der Waals surface area (Å²) < 4.78 is 61.3. The molecule has 1 fully saturated rings. The third-order valence-electron chi connectivity index (χ3n) is 7.13. The number of halogens is 3. The predicted molar refractivity (Wildman–Crippen MR) is 144 cm³/mol. The van der Waals surface area contributed by atoms with Crippen LogP contribution in [0.15, 0.2) is 54.6 Å². The molecule has 0 aromatic heterocycles. The molecule has 0 saturated heterocycles. The molecular formula is C32H37F3O3. The smallest absolute Gasteiger partial charge is 0.165 e. The van der Waals surface area contributed by atoms with Gasteiger partial charge in [-0.1, -0.05) is 50.6 Å². The molecule has 0 unspecified atom stereocenters. The van der Waals surface area contributed by atoms with Crippen molar-refractivity contribution in [2.45, 2.75) is 77.4 Å². The zero-order valence-corrected chi connectivity index (χ0v) is 22.3. The Balaban J connectivity index is 1.34. The Kier molecular flexibility index (Phi) is 10.1. The van der Waals surface area contributed by atoms with E-state index < -0.39 is 17.5 Å². The summed E-state index contributed by atoms with van der Waals surface area (Å²) in [6.45, 7) is 5.28. The molecule has 6 heteroatoms. The van der Waals surface area contributed by atoms with Gasteiger partial charge in [0.1, 0.15) is 12.4 Å². The number of benzene rings is 3. The summed E-state index contributed by atoms with van der Waals surface area (Å²) in [4.78, 5) is 0. The third-order valence-corrected chi connectivity index (χ3v) is 7.13. The Morgan fingerprint density at radius 2 is 1.47 bits per heavy atom. The van der Waals surface area contributed by atoms with Gasteiger partial charge < -0.3 is 14.2 Å². The monoisotopic (exact) mass is 526 g/mol. The van der Waals surface area contributed by atoms with Gasteiger partial charge in [-0.3, -0.25) is 0 Å².